The maximum atomic E-state index is 13.1. The Kier molecular flexibility index (Phi) is 5.00. The average molecular weight is 420 g/mol. The minimum atomic E-state index is -0.572. The molecule has 0 atom stereocenters. The number of carbonyl (C=O) groups excluding carboxylic acids is 2. The van der Waals surface area contributed by atoms with Gasteiger partial charge in [0.2, 0.25) is 0 Å². The first-order valence-corrected chi connectivity index (χ1v) is 9.10. The highest BCUT2D eigenvalue weighted by Gasteiger charge is 2.24. The Hall–Kier alpha value is -4.40. The lowest BCUT2D eigenvalue weighted by atomic mass is 10.1. The number of methoxy groups -OCH3 is 2. The molecule has 0 bridgehead atoms. The largest absolute Gasteiger partial charge is 0.497 e. The molecule has 9 heteroatoms. The van der Waals surface area contributed by atoms with E-state index in [4.69, 9.17) is 13.9 Å². The van der Waals surface area contributed by atoms with Gasteiger partial charge in [-0.1, -0.05) is 18.2 Å². The van der Waals surface area contributed by atoms with Crippen LogP contribution in [0.5, 0.6) is 5.75 Å². The number of esters is 1. The molecule has 0 spiro atoms. The first-order valence-electron chi connectivity index (χ1n) is 9.10. The fourth-order valence-electron chi connectivity index (χ4n) is 3.33. The van der Waals surface area contributed by atoms with Gasteiger partial charge >= 0.3 is 5.97 Å². The van der Waals surface area contributed by atoms with Crippen molar-refractivity contribution in [1.29, 1.82) is 0 Å². The van der Waals surface area contributed by atoms with E-state index in [2.05, 4.69) is 0 Å². The average Bonchev–Trinajstić information content (AvgIpc) is 3.43. The third-order valence-corrected chi connectivity index (χ3v) is 4.82. The van der Waals surface area contributed by atoms with Crippen LogP contribution in [0.1, 0.15) is 20.9 Å². The fourth-order valence-corrected chi connectivity index (χ4v) is 3.33. The van der Waals surface area contributed by atoms with E-state index < -0.39 is 16.8 Å². The van der Waals surface area contributed by atoms with Crippen molar-refractivity contribution in [3.05, 3.63) is 82.2 Å². The molecule has 0 saturated heterocycles. The van der Waals surface area contributed by atoms with E-state index in [1.54, 1.807) is 30.3 Å². The smallest absolute Gasteiger partial charge is 0.340 e. The van der Waals surface area contributed by atoms with Gasteiger partial charge in [0.15, 0.2) is 5.76 Å². The lowest BCUT2D eigenvalue weighted by molar-refractivity contribution is -0.384. The third kappa shape index (κ3) is 3.42. The van der Waals surface area contributed by atoms with Crippen molar-refractivity contribution in [2.24, 2.45) is 0 Å². The van der Waals surface area contributed by atoms with Crippen LogP contribution in [0, 0.1) is 10.1 Å². The Morgan fingerprint density at radius 1 is 1.06 bits per heavy atom. The van der Waals surface area contributed by atoms with E-state index >= 15 is 0 Å². The van der Waals surface area contributed by atoms with Crippen LogP contribution in [-0.4, -0.2) is 35.6 Å². The number of carbonyl (C=O) groups is 2. The van der Waals surface area contributed by atoms with E-state index in [9.17, 15) is 19.7 Å². The molecule has 0 amide bonds. The Labute approximate surface area is 175 Å². The zero-order valence-electron chi connectivity index (χ0n) is 16.5. The van der Waals surface area contributed by atoms with Crippen LogP contribution in [0.4, 0.5) is 5.69 Å². The molecule has 0 fully saturated rings. The molecule has 2 aromatic heterocycles. The molecule has 156 valence electrons. The number of aromatic nitrogens is 1. The lowest BCUT2D eigenvalue weighted by Gasteiger charge is -2.04. The number of nitro benzene ring substituents is 1. The van der Waals surface area contributed by atoms with Gasteiger partial charge in [0.1, 0.15) is 11.5 Å². The molecule has 0 aliphatic heterocycles. The monoisotopic (exact) mass is 420 g/mol. The van der Waals surface area contributed by atoms with Crippen LogP contribution in [0.15, 0.2) is 65.2 Å². The molecule has 0 unspecified atom stereocenters. The topological polar surface area (TPSA) is 114 Å². The second-order valence-electron chi connectivity index (χ2n) is 6.53. The summed E-state index contributed by atoms with van der Waals surface area (Å²) in [6, 6.07) is 14.1. The Morgan fingerprint density at radius 3 is 2.55 bits per heavy atom. The Bertz CT molecular complexity index is 1330. The third-order valence-electron chi connectivity index (χ3n) is 4.82. The minimum absolute atomic E-state index is 0.0442. The van der Waals surface area contributed by atoms with Crippen molar-refractivity contribution in [3.8, 4) is 17.1 Å². The van der Waals surface area contributed by atoms with Crippen molar-refractivity contribution in [1.82, 2.24) is 4.57 Å². The zero-order valence-corrected chi connectivity index (χ0v) is 16.5. The van der Waals surface area contributed by atoms with Gasteiger partial charge in [-0.2, -0.15) is 0 Å². The lowest BCUT2D eigenvalue weighted by Crippen LogP contribution is -2.10. The Balaban J connectivity index is 1.77. The van der Waals surface area contributed by atoms with Gasteiger partial charge in [-0.15, -0.1) is 0 Å². The summed E-state index contributed by atoms with van der Waals surface area (Å²) in [5, 5.41) is 12.0. The molecule has 9 nitrogen and oxygen atoms in total. The predicted molar refractivity (Wildman–Crippen MR) is 110 cm³/mol. The van der Waals surface area contributed by atoms with Crippen LogP contribution >= 0.6 is 0 Å². The maximum Gasteiger partial charge on any atom is 0.340 e. The molecular weight excluding hydrogens is 404 g/mol. The summed E-state index contributed by atoms with van der Waals surface area (Å²) >= 11 is 0. The second kappa shape index (κ2) is 7.79. The standard InChI is InChI=1S/C22H16N2O7/c1-29-13-7-8-15(18(11-13)24(27)28)19-9-10-20(31-19)21(25)23-12-16(22(26)30-2)14-5-3-4-6-17(14)23/h3-12H,1-2H3. The number of rotatable bonds is 5. The number of furan rings is 1. The van der Waals surface area contributed by atoms with E-state index in [1.165, 1.54) is 49.2 Å². The zero-order chi connectivity index (χ0) is 22.1. The summed E-state index contributed by atoms with van der Waals surface area (Å²) in [6.07, 6.45) is 1.39. The molecule has 31 heavy (non-hydrogen) atoms. The van der Waals surface area contributed by atoms with E-state index in [0.29, 0.717) is 16.7 Å². The van der Waals surface area contributed by atoms with Gasteiger partial charge in [-0.3, -0.25) is 19.5 Å². The van der Waals surface area contributed by atoms with E-state index in [1.807, 2.05) is 0 Å². The summed E-state index contributed by atoms with van der Waals surface area (Å²) in [6.45, 7) is 0. The summed E-state index contributed by atoms with van der Waals surface area (Å²) in [5.74, 6) is -0.669. The molecule has 0 aliphatic rings. The van der Waals surface area contributed by atoms with Gasteiger partial charge in [-0.25, -0.2) is 4.79 Å². The van der Waals surface area contributed by atoms with Gasteiger partial charge in [0.25, 0.3) is 11.6 Å². The number of nitrogens with zero attached hydrogens (tertiary/aromatic N) is 2. The van der Waals surface area contributed by atoms with Gasteiger partial charge in [0.05, 0.1) is 41.9 Å². The second-order valence-corrected chi connectivity index (χ2v) is 6.53. The number of hydrogen-bond acceptors (Lipinski definition) is 7. The summed E-state index contributed by atoms with van der Waals surface area (Å²) in [5.41, 5.74) is 0.731. The first-order chi connectivity index (χ1) is 14.9. The predicted octanol–water partition coefficient (Wildman–Crippen LogP) is 4.29. The number of para-hydroxylation sites is 1. The molecule has 0 N–H and O–H groups in total. The molecule has 0 radical (unpaired) electrons. The van der Waals surface area contributed by atoms with Crippen LogP contribution in [0.25, 0.3) is 22.2 Å². The molecule has 4 rings (SSSR count). The van der Waals surface area contributed by atoms with Crippen LogP contribution in [-0.2, 0) is 4.74 Å². The van der Waals surface area contributed by atoms with Crippen LogP contribution in [0.3, 0.4) is 0 Å². The highest BCUT2D eigenvalue weighted by atomic mass is 16.6. The van der Waals surface area contributed by atoms with Crippen molar-refractivity contribution in [2.45, 2.75) is 0 Å². The van der Waals surface area contributed by atoms with Crippen molar-refractivity contribution >= 4 is 28.5 Å². The molecular formula is C22H16N2O7. The normalized spacial score (nSPS) is 10.8. The van der Waals surface area contributed by atoms with E-state index in [0.717, 1.165) is 0 Å². The molecule has 4 aromatic rings. The summed E-state index contributed by atoms with van der Waals surface area (Å²) < 4.78 is 16.8. The highest BCUT2D eigenvalue weighted by Crippen LogP contribution is 2.34. The van der Waals surface area contributed by atoms with Crippen molar-refractivity contribution in [3.63, 3.8) is 0 Å². The van der Waals surface area contributed by atoms with Crippen LogP contribution < -0.4 is 4.74 Å². The van der Waals surface area contributed by atoms with Gasteiger partial charge in [0, 0.05) is 11.6 Å². The fraction of sp³-hybridized carbons (Fsp3) is 0.0909. The molecule has 2 aromatic carbocycles. The number of hydrogen-bond donors (Lipinski definition) is 0. The maximum absolute atomic E-state index is 13.1. The molecule has 0 aliphatic carbocycles. The summed E-state index contributed by atoms with van der Waals surface area (Å²) in [4.78, 5) is 36.1. The number of ether oxygens (including phenoxy) is 2. The minimum Gasteiger partial charge on any atom is -0.497 e. The van der Waals surface area contributed by atoms with Crippen molar-refractivity contribution in [2.75, 3.05) is 14.2 Å². The number of nitro groups is 1. The molecule has 2 heterocycles. The highest BCUT2D eigenvalue weighted by molar-refractivity contribution is 6.09. The number of benzene rings is 2. The van der Waals surface area contributed by atoms with E-state index in [-0.39, 0.29) is 28.3 Å². The SMILES string of the molecule is COC(=O)c1cn(C(=O)c2ccc(-c3ccc(OC)cc3[N+](=O)[O-])o2)c2ccccc12. The van der Waals surface area contributed by atoms with Crippen molar-refractivity contribution < 1.29 is 28.4 Å². The molecule has 0 saturated carbocycles. The Morgan fingerprint density at radius 2 is 1.84 bits per heavy atom. The first kappa shape index (κ1) is 19.9. The summed E-state index contributed by atoms with van der Waals surface area (Å²) in [7, 11) is 2.67. The van der Waals surface area contributed by atoms with Gasteiger partial charge < -0.3 is 13.9 Å². The van der Waals surface area contributed by atoms with Gasteiger partial charge in [-0.05, 0) is 30.3 Å². The number of fused-ring (bicyclic) bond motifs is 1. The van der Waals surface area contributed by atoms with Crippen LogP contribution in [0.2, 0.25) is 0 Å². The quantitative estimate of drug-likeness (QED) is 0.269.